The number of ether oxygens (including phenoxy) is 2. The van der Waals surface area contributed by atoms with Crippen molar-refractivity contribution in [3.8, 4) is 11.5 Å². The average molecular weight is 292 g/mol. The molecule has 0 aromatic heterocycles. The van der Waals surface area contributed by atoms with Crippen LogP contribution in [-0.2, 0) is 6.54 Å². The molecule has 1 fully saturated rings. The second-order valence-corrected chi connectivity index (χ2v) is 5.72. The van der Waals surface area contributed by atoms with E-state index in [9.17, 15) is 0 Å². The summed E-state index contributed by atoms with van der Waals surface area (Å²) >= 11 is 0. The van der Waals surface area contributed by atoms with Gasteiger partial charge in [-0.25, -0.2) is 0 Å². The third kappa shape index (κ3) is 4.61. The molecule has 1 saturated heterocycles. The number of piperidine rings is 1. The molecule has 0 radical (unpaired) electrons. The minimum Gasteiger partial charge on any atom is -0.493 e. The molecular formula is C17H28N2O2. The summed E-state index contributed by atoms with van der Waals surface area (Å²) in [5.41, 5.74) is 1.28. The van der Waals surface area contributed by atoms with Crippen molar-refractivity contribution in [2.24, 2.45) is 0 Å². The second kappa shape index (κ2) is 8.25. The maximum absolute atomic E-state index is 5.38. The number of nitrogens with one attached hydrogen (secondary N) is 1. The van der Waals surface area contributed by atoms with Crippen LogP contribution < -0.4 is 14.8 Å². The quantitative estimate of drug-likeness (QED) is 0.838. The molecule has 118 valence electrons. The third-order valence-electron chi connectivity index (χ3n) is 4.04. The number of hydrogen-bond acceptors (Lipinski definition) is 4. The van der Waals surface area contributed by atoms with E-state index in [-0.39, 0.29) is 0 Å². The smallest absolute Gasteiger partial charge is 0.161 e. The maximum atomic E-state index is 5.38. The van der Waals surface area contributed by atoms with Gasteiger partial charge in [0.2, 0.25) is 0 Å². The fourth-order valence-corrected chi connectivity index (χ4v) is 2.95. The Balaban J connectivity index is 1.94. The zero-order valence-corrected chi connectivity index (χ0v) is 13.5. The van der Waals surface area contributed by atoms with Gasteiger partial charge in [0.05, 0.1) is 14.2 Å². The number of likely N-dealkylation sites (tertiary alicyclic amines) is 1. The lowest BCUT2D eigenvalue weighted by Crippen LogP contribution is -2.45. The summed E-state index contributed by atoms with van der Waals surface area (Å²) in [6.07, 6.45) is 3.77. The van der Waals surface area contributed by atoms with E-state index in [0.717, 1.165) is 31.1 Å². The molecule has 4 nitrogen and oxygen atoms in total. The van der Waals surface area contributed by atoms with Crippen molar-refractivity contribution >= 4 is 0 Å². The number of nitrogens with zero attached hydrogens (tertiary/aromatic N) is 1. The Kier molecular flexibility index (Phi) is 6.33. The fraction of sp³-hybridized carbons (Fsp3) is 0.647. The van der Waals surface area contributed by atoms with E-state index in [0.29, 0.717) is 6.04 Å². The Bertz CT molecular complexity index is 437. The first-order valence-corrected chi connectivity index (χ1v) is 7.93. The highest BCUT2D eigenvalue weighted by Gasteiger charge is 2.19. The van der Waals surface area contributed by atoms with Gasteiger partial charge >= 0.3 is 0 Å². The molecule has 1 aliphatic heterocycles. The minimum atomic E-state index is 0.638. The molecule has 1 atom stereocenters. The first-order chi connectivity index (χ1) is 10.3. The molecule has 0 spiro atoms. The van der Waals surface area contributed by atoms with E-state index in [4.69, 9.17) is 9.47 Å². The van der Waals surface area contributed by atoms with E-state index in [1.54, 1.807) is 14.2 Å². The molecule has 1 aromatic carbocycles. The molecule has 21 heavy (non-hydrogen) atoms. The van der Waals surface area contributed by atoms with Gasteiger partial charge in [-0.1, -0.05) is 13.0 Å². The van der Waals surface area contributed by atoms with Crippen LogP contribution in [0.5, 0.6) is 11.5 Å². The topological polar surface area (TPSA) is 33.7 Å². The SMILES string of the molecule is CCCNC1CCCN(Cc2ccc(OC)c(OC)c2)C1. The third-order valence-corrected chi connectivity index (χ3v) is 4.04. The predicted molar refractivity (Wildman–Crippen MR) is 86.1 cm³/mol. The summed E-state index contributed by atoms with van der Waals surface area (Å²) < 4.78 is 10.7. The van der Waals surface area contributed by atoms with Crippen LogP contribution in [0.4, 0.5) is 0 Å². The van der Waals surface area contributed by atoms with E-state index < -0.39 is 0 Å². The van der Waals surface area contributed by atoms with Crippen molar-refractivity contribution in [1.29, 1.82) is 0 Å². The van der Waals surface area contributed by atoms with Gasteiger partial charge in [-0.15, -0.1) is 0 Å². The Labute approximate surface area is 128 Å². The zero-order valence-electron chi connectivity index (χ0n) is 13.5. The molecule has 1 unspecified atom stereocenters. The highest BCUT2D eigenvalue weighted by Crippen LogP contribution is 2.28. The Hall–Kier alpha value is -1.26. The van der Waals surface area contributed by atoms with Crippen LogP contribution in [0.25, 0.3) is 0 Å². The van der Waals surface area contributed by atoms with Gasteiger partial charge in [0.15, 0.2) is 11.5 Å². The molecule has 4 heteroatoms. The van der Waals surface area contributed by atoms with Crippen molar-refractivity contribution in [3.63, 3.8) is 0 Å². The summed E-state index contributed by atoms with van der Waals surface area (Å²) in [6, 6.07) is 6.84. The highest BCUT2D eigenvalue weighted by molar-refractivity contribution is 5.42. The first kappa shape index (κ1) is 16.1. The predicted octanol–water partition coefficient (Wildman–Crippen LogP) is 2.67. The standard InChI is InChI=1S/C17H28N2O2/c1-4-9-18-15-6-5-10-19(13-15)12-14-7-8-16(20-2)17(11-14)21-3/h7-8,11,15,18H,4-6,9-10,12-13H2,1-3H3. The van der Waals surface area contributed by atoms with Crippen LogP contribution in [0.2, 0.25) is 0 Å². The lowest BCUT2D eigenvalue weighted by atomic mass is 10.0. The van der Waals surface area contributed by atoms with E-state index in [2.05, 4.69) is 29.3 Å². The van der Waals surface area contributed by atoms with Crippen LogP contribution in [0.15, 0.2) is 18.2 Å². The summed E-state index contributed by atoms with van der Waals surface area (Å²) in [5.74, 6) is 1.61. The van der Waals surface area contributed by atoms with Gasteiger partial charge < -0.3 is 14.8 Å². The highest BCUT2D eigenvalue weighted by atomic mass is 16.5. The summed E-state index contributed by atoms with van der Waals surface area (Å²) in [5, 5.41) is 3.64. The summed E-state index contributed by atoms with van der Waals surface area (Å²) in [7, 11) is 3.36. The summed E-state index contributed by atoms with van der Waals surface area (Å²) in [4.78, 5) is 2.53. The Morgan fingerprint density at radius 1 is 1.24 bits per heavy atom. The van der Waals surface area contributed by atoms with Gasteiger partial charge in [0.25, 0.3) is 0 Å². The molecule has 1 aliphatic rings. The maximum Gasteiger partial charge on any atom is 0.161 e. The van der Waals surface area contributed by atoms with Crippen molar-refractivity contribution in [2.45, 2.75) is 38.8 Å². The van der Waals surface area contributed by atoms with Gasteiger partial charge in [-0.2, -0.15) is 0 Å². The molecule has 1 aromatic rings. The van der Waals surface area contributed by atoms with Crippen LogP contribution in [-0.4, -0.2) is 44.8 Å². The Morgan fingerprint density at radius 3 is 2.76 bits per heavy atom. The monoisotopic (exact) mass is 292 g/mol. The molecule has 0 saturated carbocycles. The van der Waals surface area contributed by atoms with Gasteiger partial charge in [-0.05, 0) is 50.0 Å². The van der Waals surface area contributed by atoms with Crippen molar-refractivity contribution in [1.82, 2.24) is 10.2 Å². The number of methoxy groups -OCH3 is 2. The van der Waals surface area contributed by atoms with E-state index in [1.807, 2.05) is 6.07 Å². The van der Waals surface area contributed by atoms with Crippen LogP contribution in [0.1, 0.15) is 31.7 Å². The van der Waals surface area contributed by atoms with Gasteiger partial charge in [-0.3, -0.25) is 4.90 Å². The van der Waals surface area contributed by atoms with Gasteiger partial charge in [0, 0.05) is 19.1 Å². The molecule has 0 bridgehead atoms. The molecule has 0 aliphatic carbocycles. The molecular weight excluding hydrogens is 264 g/mol. The lowest BCUT2D eigenvalue weighted by Gasteiger charge is -2.33. The van der Waals surface area contributed by atoms with Crippen molar-refractivity contribution in [3.05, 3.63) is 23.8 Å². The largest absolute Gasteiger partial charge is 0.493 e. The number of rotatable bonds is 7. The molecule has 1 N–H and O–H groups in total. The van der Waals surface area contributed by atoms with Crippen molar-refractivity contribution in [2.75, 3.05) is 33.9 Å². The van der Waals surface area contributed by atoms with Gasteiger partial charge in [0.1, 0.15) is 0 Å². The zero-order chi connectivity index (χ0) is 15.1. The first-order valence-electron chi connectivity index (χ1n) is 7.93. The normalized spacial score (nSPS) is 19.5. The molecule has 2 rings (SSSR count). The van der Waals surface area contributed by atoms with E-state index >= 15 is 0 Å². The Morgan fingerprint density at radius 2 is 2.05 bits per heavy atom. The van der Waals surface area contributed by atoms with Crippen LogP contribution >= 0.6 is 0 Å². The van der Waals surface area contributed by atoms with E-state index in [1.165, 1.54) is 31.4 Å². The molecule has 1 heterocycles. The average Bonchev–Trinajstić information content (AvgIpc) is 2.53. The van der Waals surface area contributed by atoms with Crippen LogP contribution in [0, 0.1) is 0 Å². The fourth-order valence-electron chi connectivity index (χ4n) is 2.95. The van der Waals surface area contributed by atoms with Crippen LogP contribution in [0.3, 0.4) is 0 Å². The van der Waals surface area contributed by atoms with Crippen molar-refractivity contribution < 1.29 is 9.47 Å². The molecule has 0 amide bonds. The minimum absolute atomic E-state index is 0.638. The lowest BCUT2D eigenvalue weighted by molar-refractivity contribution is 0.183. The second-order valence-electron chi connectivity index (χ2n) is 5.72. The summed E-state index contributed by atoms with van der Waals surface area (Å²) in [6.45, 7) is 6.63. The number of hydrogen-bond donors (Lipinski definition) is 1. The number of benzene rings is 1.